The molecule has 1 saturated carbocycles. The largest absolute Gasteiger partial charge is 0.379 e. The standard InChI is InChI=1S/C24H24N4O4/c29-22-18(9-16-7-15(11-25-16)12-27-3-5-32-6-4-27)17-8-14(1-2-21(17)26-22)13-28-23(30)19-10-20(19)24(28)31/h1-2,7-9,11,15,19-20H,3-6,10,12-13H2,(H,26,29)/b18-9-/t15?,19-,20+. The number of allylic oxidation sites excluding steroid dienone is 1. The Morgan fingerprint density at radius 3 is 2.69 bits per heavy atom. The minimum absolute atomic E-state index is 0.0674. The third-order valence-corrected chi connectivity index (χ3v) is 6.83. The van der Waals surface area contributed by atoms with Crippen LogP contribution in [0, 0.1) is 17.8 Å². The van der Waals surface area contributed by atoms with Crippen molar-refractivity contribution >= 4 is 35.2 Å². The first kappa shape index (κ1) is 19.6. The molecule has 1 aromatic carbocycles. The molecule has 8 nitrogen and oxygen atoms in total. The van der Waals surface area contributed by atoms with Crippen LogP contribution in [0.1, 0.15) is 17.5 Å². The maximum atomic E-state index is 12.6. The molecule has 2 saturated heterocycles. The molecule has 0 bridgehead atoms. The fourth-order valence-corrected chi connectivity index (χ4v) is 4.97. The predicted octanol–water partition coefficient (Wildman–Crippen LogP) is 1.44. The van der Waals surface area contributed by atoms with Gasteiger partial charge in [-0.1, -0.05) is 6.07 Å². The van der Waals surface area contributed by atoms with Gasteiger partial charge in [0.25, 0.3) is 5.91 Å². The van der Waals surface area contributed by atoms with Gasteiger partial charge in [-0.25, -0.2) is 0 Å². The molecule has 1 aromatic rings. The summed E-state index contributed by atoms with van der Waals surface area (Å²) < 4.78 is 5.40. The first-order chi connectivity index (χ1) is 15.6. The molecule has 0 aromatic heterocycles. The normalized spacial score (nSPS) is 30.1. The van der Waals surface area contributed by atoms with Crippen molar-refractivity contribution in [2.75, 3.05) is 38.2 Å². The molecule has 3 atom stereocenters. The highest BCUT2D eigenvalue weighted by Gasteiger charge is 2.58. The quantitative estimate of drug-likeness (QED) is 0.562. The minimum atomic E-state index is -0.167. The molecule has 1 N–H and O–H groups in total. The number of amides is 3. The summed E-state index contributed by atoms with van der Waals surface area (Å²) in [7, 11) is 0. The zero-order chi connectivity index (χ0) is 21.8. The van der Waals surface area contributed by atoms with Crippen LogP contribution in [0.5, 0.6) is 0 Å². The maximum Gasteiger partial charge on any atom is 0.256 e. The molecule has 8 heteroatoms. The lowest BCUT2D eigenvalue weighted by molar-refractivity contribution is -0.142. The van der Waals surface area contributed by atoms with Crippen LogP contribution in [0.2, 0.25) is 0 Å². The zero-order valence-electron chi connectivity index (χ0n) is 17.6. The highest BCUT2D eigenvalue weighted by molar-refractivity contribution is 6.32. The van der Waals surface area contributed by atoms with E-state index >= 15 is 0 Å². The summed E-state index contributed by atoms with van der Waals surface area (Å²) in [6, 6.07) is 5.59. The molecule has 1 aliphatic carbocycles. The molecule has 5 aliphatic rings. The fraction of sp³-hybridized carbons (Fsp3) is 0.417. The number of likely N-dealkylation sites (tertiary alicyclic amines) is 1. The lowest BCUT2D eigenvalue weighted by Gasteiger charge is -2.27. The summed E-state index contributed by atoms with van der Waals surface area (Å²) in [5, 5.41) is 2.89. The first-order valence-electron chi connectivity index (χ1n) is 11.1. The number of hydrogen-bond acceptors (Lipinski definition) is 6. The van der Waals surface area contributed by atoms with Gasteiger partial charge in [0, 0.05) is 43.0 Å². The van der Waals surface area contributed by atoms with Crippen molar-refractivity contribution in [1.82, 2.24) is 9.80 Å². The number of imide groups is 1. The smallest absolute Gasteiger partial charge is 0.256 e. The molecular weight excluding hydrogens is 408 g/mol. The second kappa shape index (κ2) is 7.50. The van der Waals surface area contributed by atoms with Crippen molar-refractivity contribution in [2.45, 2.75) is 13.0 Å². The number of carbonyl (C=O) groups excluding carboxylic acids is 3. The van der Waals surface area contributed by atoms with E-state index < -0.39 is 0 Å². The zero-order valence-corrected chi connectivity index (χ0v) is 17.6. The van der Waals surface area contributed by atoms with E-state index in [1.54, 1.807) is 0 Å². The van der Waals surface area contributed by atoms with E-state index in [-0.39, 0.29) is 42.0 Å². The van der Waals surface area contributed by atoms with Gasteiger partial charge in [0.2, 0.25) is 11.8 Å². The summed E-state index contributed by atoms with van der Waals surface area (Å²) in [4.78, 5) is 45.5. The number of rotatable bonds is 5. The van der Waals surface area contributed by atoms with E-state index in [0.717, 1.165) is 55.4 Å². The van der Waals surface area contributed by atoms with Crippen LogP contribution in [0.4, 0.5) is 5.69 Å². The minimum Gasteiger partial charge on any atom is -0.379 e. The molecule has 164 valence electrons. The van der Waals surface area contributed by atoms with Crippen LogP contribution in [0.25, 0.3) is 5.57 Å². The number of benzene rings is 1. The SMILES string of the molecule is O=C1Nc2ccc(CN3C(=O)[C@H]4C[C@H]4C3=O)cc2/C1=C/C1=CC(CN2CCOCC2)C=N1. The predicted molar refractivity (Wildman–Crippen MR) is 118 cm³/mol. The number of fused-ring (bicyclic) bond motifs is 2. The molecule has 3 fully saturated rings. The van der Waals surface area contributed by atoms with Gasteiger partial charge in [0.15, 0.2) is 0 Å². The Morgan fingerprint density at radius 2 is 1.91 bits per heavy atom. The van der Waals surface area contributed by atoms with Crippen LogP contribution in [-0.2, 0) is 25.7 Å². The van der Waals surface area contributed by atoms with Crippen LogP contribution >= 0.6 is 0 Å². The van der Waals surface area contributed by atoms with E-state index in [1.807, 2.05) is 30.5 Å². The second-order valence-corrected chi connectivity index (χ2v) is 9.05. The third-order valence-electron chi connectivity index (χ3n) is 6.83. The highest BCUT2D eigenvalue weighted by atomic mass is 16.5. The van der Waals surface area contributed by atoms with Crippen molar-refractivity contribution in [3.63, 3.8) is 0 Å². The summed E-state index contributed by atoms with van der Waals surface area (Å²) in [6.07, 6.45) is 6.54. The van der Waals surface area contributed by atoms with Crippen LogP contribution in [0.15, 0.2) is 41.0 Å². The summed E-state index contributed by atoms with van der Waals surface area (Å²) in [5.74, 6) is -0.292. The summed E-state index contributed by atoms with van der Waals surface area (Å²) in [5.41, 5.74) is 3.68. The monoisotopic (exact) mass is 432 g/mol. The Bertz CT molecular complexity index is 1090. The van der Waals surface area contributed by atoms with Gasteiger partial charge in [0.05, 0.1) is 42.9 Å². The third kappa shape index (κ3) is 3.40. The van der Waals surface area contributed by atoms with Crippen molar-refractivity contribution in [2.24, 2.45) is 22.7 Å². The molecule has 0 radical (unpaired) electrons. The van der Waals surface area contributed by atoms with E-state index in [4.69, 9.17) is 4.74 Å². The number of aliphatic imine (C=N–C) groups is 1. The molecule has 4 aliphatic heterocycles. The van der Waals surface area contributed by atoms with E-state index in [1.165, 1.54) is 4.90 Å². The number of morpholine rings is 1. The molecule has 6 rings (SSSR count). The summed E-state index contributed by atoms with van der Waals surface area (Å²) >= 11 is 0. The second-order valence-electron chi connectivity index (χ2n) is 9.05. The number of nitrogens with zero attached hydrogens (tertiary/aromatic N) is 3. The van der Waals surface area contributed by atoms with E-state index in [0.29, 0.717) is 12.0 Å². The lowest BCUT2D eigenvalue weighted by Crippen LogP contribution is -2.39. The summed E-state index contributed by atoms with van der Waals surface area (Å²) in [6.45, 7) is 4.53. The molecule has 0 spiro atoms. The molecule has 3 amide bonds. The van der Waals surface area contributed by atoms with Gasteiger partial charge in [-0.15, -0.1) is 0 Å². The Balaban J connectivity index is 1.20. The average molecular weight is 432 g/mol. The number of anilines is 1. The topological polar surface area (TPSA) is 91.3 Å². The highest BCUT2D eigenvalue weighted by Crippen LogP contribution is 2.47. The number of hydrogen-bond donors (Lipinski definition) is 1. The van der Waals surface area contributed by atoms with Crippen molar-refractivity contribution in [1.29, 1.82) is 0 Å². The van der Waals surface area contributed by atoms with Crippen molar-refractivity contribution < 1.29 is 19.1 Å². The fourth-order valence-electron chi connectivity index (χ4n) is 4.97. The van der Waals surface area contributed by atoms with E-state index in [9.17, 15) is 14.4 Å². The maximum absolute atomic E-state index is 12.6. The Kier molecular flexibility index (Phi) is 4.58. The van der Waals surface area contributed by atoms with Gasteiger partial charge in [-0.2, -0.15) is 0 Å². The van der Waals surface area contributed by atoms with Gasteiger partial charge in [0.1, 0.15) is 0 Å². The molecular formula is C24H24N4O4. The van der Waals surface area contributed by atoms with Crippen LogP contribution in [-0.4, -0.2) is 66.6 Å². The van der Waals surface area contributed by atoms with Gasteiger partial charge < -0.3 is 10.1 Å². The molecule has 1 unspecified atom stereocenters. The molecule has 32 heavy (non-hydrogen) atoms. The van der Waals surface area contributed by atoms with Crippen molar-refractivity contribution in [3.8, 4) is 0 Å². The van der Waals surface area contributed by atoms with Crippen molar-refractivity contribution in [3.05, 3.63) is 47.2 Å². The number of nitrogens with one attached hydrogen (secondary N) is 1. The van der Waals surface area contributed by atoms with Gasteiger partial charge in [-0.05, 0) is 36.3 Å². The Morgan fingerprint density at radius 1 is 1.12 bits per heavy atom. The number of piperidine rings is 1. The Hall–Kier alpha value is -3.10. The number of ether oxygens (including phenoxy) is 1. The first-order valence-corrected chi connectivity index (χ1v) is 11.1. The average Bonchev–Trinajstić information content (AvgIpc) is 3.31. The Labute approximate surface area is 185 Å². The van der Waals surface area contributed by atoms with Crippen LogP contribution < -0.4 is 5.32 Å². The van der Waals surface area contributed by atoms with Gasteiger partial charge >= 0.3 is 0 Å². The van der Waals surface area contributed by atoms with Crippen LogP contribution in [0.3, 0.4) is 0 Å². The van der Waals surface area contributed by atoms with Gasteiger partial charge in [-0.3, -0.25) is 29.2 Å². The lowest BCUT2D eigenvalue weighted by atomic mass is 10.0. The van der Waals surface area contributed by atoms with E-state index in [2.05, 4.69) is 21.3 Å². The molecule has 4 heterocycles. The number of carbonyl (C=O) groups is 3.